The Labute approximate surface area is 240 Å². The lowest BCUT2D eigenvalue weighted by Crippen LogP contribution is -2.53. The predicted octanol–water partition coefficient (Wildman–Crippen LogP) is 0.469. The van der Waals surface area contributed by atoms with Crippen molar-refractivity contribution < 1.29 is 9.59 Å². The lowest BCUT2D eigenvalue weighted by Gasteiger charge is -2.35. The molecular weight excluding hydrogens is 536 g/mol. The first-order valence-electron chi connectivity index (χ1n) is 13.1. The minimum absolute atomic E-state index is 0. The number of amides is 3. The summed E-state index contributed by atoms with van der Waals surface area (Å²) < 4.78 is 1.42. The number of carbonyl (C=O) groups is 2. The summed E-state index contributed by atoms with van der Waals surface area (Å²) in [5.74, 6) is 0.266. The van der Waals surface area contributed by atoms with Gasteiger partial charge in [0, 0.05) is 77.1 Å². The van der Waals surface area contributed by atoms with Crippen molar-refractivity contribution in [2.75, 3.05) is 57.7 Å². The van der Waals surface area contributed by atoms with Crippen LogP contribution in [-0.2, 0) is 11.3 Å². The molecule has 2 saturated heterocycles. The van der Waals surface area contributed by atoms with Gasteiger partial charge in [0.1, 0.15) is 5.82 Å². The molecule has 2 aliphatic rings. The number of urea groups is 1. The van der Waals surface area contributed by atoms with Gasteiger partial charge in [-0.15, -0.1) is 12.4 Å². The molecule has 0 unspecified atom stereocenters. The van der Waals surface area contributed by atoms with Crippen LogP contribution < -0.4 is 22.5 Å². The van der Waals surface area contributed by atoms with Crippen molar-refractivity contribution in [1.82, 2.24) is 29.2 Å². The number of nitrogens with zero attached hydrogens (tertiary/aromatic N) is 6. The molecule has 0 saturated carbocycles. The Morgan fingerprint density at radius 1 is 0.950 bits per heavy atom. The highest BCUT2D eigenvalue weighted by Crippen LogP contribution is 2.14. The number of piperazine rings is 2. The van der Waals surface area contributed by atoms with Gasteiger partial charge >= 0.3 is 11.7 Å². The normalized spacial score (nSPS) is 16.3. The molecule has 14 heteroatoms. The Balaban J connectivity index is 0.00000441. The Morgan fingerprint density at radius 3 is 2.08 bits per heavy atom. The largest absolute Gasteiger partial charge is 0.370 e. The van der Waals surface area contributed by atoms with Crippen molar-refractivity contribution in [3.8, 4) is 5.69 Å². The number of rotatable bonds is 6. The van der Waals surface area contributed by atoms with Crippen molar-refractivity contribution in [3.63, 3.8) is 0 Å². The zero-order chi connectivity index (χ0) is 28.2. The number of nitrogens with one attached hydrogen (secondary N) is 2. The van der Waals surface area contributed by atoms with E-state index >= 15 is 0 Å². The lowest BCUT2D eigenvalue weighted by molar-refractivity contribution is -0.133. The van der Waals surface area contributed by atoms with Gasteiger partial charge in [0.25, 0.3) is 0 Å². The van der Waals surface area contributed by atoms with Gasteiger partial charge in [-0.25, -0.2) is 9.59 Å². The van der Waals surface area contributed by atoms with Crippen LogP contribution in [0, 0.1) is 5.41 Å². The van der Waals surface area contributed by atoms with Crippen LogP contribution in [0.15, 0.2) is 41.3 Å². The number of carbonyl (C=O) groups excluding carboxylic acids is 2. The Bertz CT molecular complexity index is 1240. The Kier molecular flexibility index (Phi) is 10.1. The fourth-order valence-electron chi connectivity index (χ4n) is 4.69. The Morgan fingerprint density at radius 2 is 1.52 bits per heavy atom. The zero-order valence-corrected chi connectivity index (χ0v) is 23.8. The van der Waals surface area contributed by atoms with Crippen LogP contribution in [0.2, 0.25) is 0 Å². The fourth-order valence-corrected chi connectivity index (χ4v) is 4.69. The topological polar surface area (TPSA) is 170 Å². The summed E-state index contributed by atoms with van der Waals surface area (Å²) in [5, 5.41) is 10.2. The Hall–Kier alpha value is -3.68. The second-order valence-electron chi connectivity index (χ2n) is 10.7. The molecule has 0 spiro atoms. The van der Waals surface area contributed by atoms with Crippen LogP contribution >= 0.6 is 12.4 Å². The number of nitrogens with two attached hydrogens (primary N) is 2. The van der Waals surface area contributed by atoms with E-state index in [1.165, 1.54) is 4.57 Å². The number of guanidine groups is 1. The SMILES string of the molecule is CC(C)(N)CC(=O)N1CCN(C(=O)Nc2ccn(-c3ccc(CN4CCN(C(=N)N)CC4)cc3)c(=O)n2)CC1.Cl. The highest BCUT2D eigenvalue weighted by molar-refractivity contribution is 5.88. The van der Waals surface area contributed by atoms with Crippen LogP contribution in [0.25, 0.3) is 5.69 Å². The third-order valence-electron chi connectivity index (χ3n) is 6.90. The smallest absolute Gasteiger partial charge is 0.354 e. The molecule has 1 aromatic heterocycles. The first-order valence-corrected chi connectivity index (χ1v) is 13.1. The van der Waals surface area contributed by atoms with E-state index < -0.39 is 11.2 Å². The van der Waals surface area contributed by atoms with Crippen LogP contribution in [0.3, 0.4) is 0 Å². The molecule has 40 heavy (non-hydrogen) atoms. The molecular formula is C26H39ClN10O3. The van der Waals surface area contributed by atoms with E-state index in [9.17, 15) is 14.4 Å². The molecule has 1 aromatic carbocycles. The molecule has 2 aliphatic heterocycles. The molecule has 4 rings (SSSR count). The van der Waals surface area contributed by atoms with Crippen molar-refractivity contribution in [3.05, 3.63) is 52.6 Å². The maximum absolute atomic E-state index is 12.7. The fraction of sp³-hybridized carbons (Fsp3) is 0.500. The summed E-state index contributed by atoms with van der Waals surface area (Å²) in [4.78, 5) is 49.3. The first-order chi connectivity index (χ1) is 18.5. The van der Waals surface area contributed by atoms with Gasteiger partial charge in [-0.2, -0.15) is 4.98 Å². The zero-order valence-electron chi connectivity index (χ0n) is 23.0. The van der Waals surface area contributed by atoms with Gasteiger partial charge < -0.3 is 26.2 Å². The van der Waals surface area contributed by atoms with E-state index in [-0.39, 0.29) is 42.5 Å². The first kappa shape index (κ1) is 30.9. The van der Waals surface area contributed by atoms with Crippen molar-refractivity contribution in [1.29, 1.82) is 5.41 Å². The summed E-state index contributed by atoms with van der Waals surface area (Å²) in [5.41, 5.74) is 12.2. The molecule has 13 nitrogen and oxygen atoms in total. The van der Waals surface area contributed by atoms with E-state index in [1.54, 1.807) is 22.1 Å². The second-order valence-corrected chi connectivity index (χ2v) is 10.7. The van der Waals surface area contributed by atoms with E-state index in [0.29, 0.717) is 31.9 Å². The maximum atomic E-state index is 12.7. The minimum Gasteiger partial charge on any atom is -0.370 e. The molecule has 3 amide bonds. The minimum atomic E-state index is -0.576. The molecule has 3 heterocycles. The highest BCUT2D eigenvalue weighted by atomic mass is 35.5. The number of benzene rings is 1. The summed E-state index contributed by atoms with van der Waals surface area (Å²) in [6, 6.07) is 8.93. The quantitative estimate of drug-likeness (QED) is 0.285. The van der Waals surface area contributed by atoms with E-state index in [1.807, 2.05) is 43.0 Å². The predicted molar refractivity (Wildman–Crippen MR) is 156 cm³/mol. The molecule has 0 bridgehead atoms. The average molecular weight is 575 g/mol. The van der Waals surface area contributed by atoms with E-state index in [2.05, 4.69) is 15.2 Å². The monoisotopic (exact) mass is 574 g/mol. The van der Waals surface area contributed by atoms with E-state index in [0.717, 1.165) is 38.3 Å². The van der Waals surface area contributed by atoms with Crippen LogP contribution in [-0.4, -0.2) is 105 Å². The van der Waals surface area contributed by atoms with Crippen molar-refractivity contribution >= 4 is 36.1 Å². The molecule has 0 atom stereocenters. The van der Waals surface area contributed by atoms with Crippen molar-refractivity contribution in [2.24, 2.45) is 11.5 Å². The second kappa shape index (κ2) is 13.1. The van der Waals surface area contributed by atoms with Crippen LogP contribution in [0.1, 0.15) is 25.8 Å². The molecule has 2 aromatic rings. The molecule has 6 N–H and O–H groups in total. The van der Waals surface area contributed by atoms with Crippen LogP contribution in [0.4, 0.5) is 10.6 Å². The summed E-state index contributed by atoms with van der Waals surface area (Å²) in [7, 11) is 0. The molecule has 218 valence electrons. The van der Waals surface area contributed by atoms with Gasteiger partial charge in [0.05, 0.1) is 5.69 Å². The molecule has 2 fully saturated rings. The number of hydrogen-bond acceptors (Lipinski definition) is 7. The lowest BCUT2D eigenvalue weighted by atomic mass is 10.0. The molecule has 0 radical (unpaired) electrons. The number of anilines is 1. The number of halogens is 1. The highest BCUT2D eigenvalue weighted by Gasteiger charge is 2.27. The average Bonchev–Trinajstić information content (AvgIpc) is 2.89. The standard InChI is InChI=1S/C26H38N10O3.ClH/c1-26(2,29)17-22(37)33-13-15-35(16-14-33)24(38)30-21-7-8-36(25(39)31-21)20-5-3-19(4-6-20)18-32-9-11-34(12-10-32)23(27)28;/h3-8H,9-18,29H2,1-2H3,(H3,27,28)(H,30,31,38,39);1H. The third-order valence-corrected chi connectivity index (χ3v) is 6.90. The van der Waals surface area contributed by atoms with Gasteiger partial charge in [-0.1, -0.05) is 12.1 Å². The van der Waals surface area contributed by atoms with Gasteiger partial charge in [-0.05, 0) is 37.6 Å². The van der Waals surface area contributed by atoms with Crippen molar-refractivity contribution in [2.45, 2.75) is 32.4 Å². The van der Waals surface area contributed by atoms with Crippen LogP contribution in [0.5, 0.6) is 0 Å². The van der Waals surface area contributed by atoms with Gasteiger partial charge in [0.15, 0.2) is 5.96 Å². The summed E-state index contributed by atoms with van der Waals surface area (Å²) >= 11 is 0. The van der Waals surface area contributed by atoms with Gasteiger partial charge in [-0.3, -0.25) is 25.0 Å². The maximum Gasteiger partial charge on any atom is 0.354 e. The third kappa shape index (κ3) is 8.16. The summed E-state index contributed by atoms with van der Waals surface area (Å²) in [6.07, 6.45) is 1.84. The number of hydrogen-bond donors (Lipinski definition) is 4. The van der Waals surface area contributed by atoms with Gasteiger partial charge in [0.2, 0.25) is 5.91 Å². The molecule has 0 aliphatic carbocycles. The van der Waals surface area contributed by atoms with E-state index in [4.69, 9.17) is 16.9 Å². The summed E-state index contributed by atoms with van der Waals surface area (Å²) in [6.45, 7) is 9.18. The number of aromatic nitrogens is 2.